The van der Waals surface area contributed by atoms with E-state index in [9.17, 15) is 0 Å². The van der Waals surface area contributed by atoms with Crippen LogP contribution in [0.1, 0.15) is 36.1 Å². The van der Waals surface area contributed by atoms with Crippen LogP contribution in [0.2, 0.25) is 0 Å². The quantitative estimate of drug-likeness (QED) is 0.354. The molecule has 0 aliphatic heterocycles. The van der Waals surface area contributed by atoms with Crippen LogP contribution >= 0.6 is 0 Å². The normalized spacial score (nSPS) is 11.4. The zero-order valence-electron chi connectivity index (χ0n) is 18.1. The molecule has 3 aromatic carbocycles. The summed E-state index contributed by atoms with van der Waals surface area (Å²) in [6.07, 6.45) is 1.05. The van der Waals surface area contributed by atoms with Crippen molar-refractivity contribution < 1.29 is 0 Å². The van der Waals surface area contributed by atoms with Gasteiger partial charge in [0.1, 0.15) is 0 Å². The van der Waals surface area contributed by atoms with Gasteiger partial charge in [0.25, 0.3) is 0 Å². The molecule has 1 heterocycles. The second-order valence-corrected chi connectivity index (χ2v) is 8.62. The Kier molecular flexibility index (Phi) is 5.24. The van der Waals surface area contributed by atoms with Crippen LogP contribution in [-0.4, -0.2) is 4.98 Å². The minimum atomic E-state index is 0.592. The molecule has 0 saturated heterocycles. The minimum Gasteiger partial charge on any atom is -0.248 e. The third-order valence-corrected chi connectivity index (χ3v) is 5.72. The maximum atomic E-state index is 5.09. The molecule has 1 nitrogen and oxygen atoms in total. The summed E-state index contributed by atoms with van der Waals surface area (Å²) in [7, 11) is 0. The van der Waals surface area contributed by atoms with Crippen molar-refractivity contribution in [2.45, 2.75) is 41.0 Å². The molecule has 146 valence electrons. The largest absolute Gasteiger partial charge is 0.248 e. The molecule has 0 aliphatic rings. The number of nitrogens with zero attached hydrogens (tertiary/aromatic N) is 1. The molecule has 0 radical (unpaired) electrons. The van der Waals surface area contributed by atoms with Crippen LogP contribution in [0.25, 0.3) is 33.3 Å². The van der Waals surface area contributed by atoms with Gasteiger partial charge in [-0.05, 0) is 85.2 Å². The first-order valence-electron chi connectivity index (χ1n) is 10.5. The molecule has 0 atom stereocenters. The van der Waals surface area contributed by atoms with Crippen LogP contribution in [0.3, 0.4) is 0 Å². The Bertz CT molecular complexity index is 1170. The number of fused-ring (bicyclic) bond motifs is 1. The fourth-order valence-corrected chi connectivity index (χ4v) is 4.16. The van der Waals surface area contributed by atoms with Crippen molar-refractivity contribution in [2.75, 3.05) is 0 Å². The highest BCUT2D eigenvalue weighted by Crippen LogP contribution is 2.32. The van der Waals surface area contributed by atoms with Gasteiger partial charge in [0.15, 0.2) is 0 Å². The van der Waals surface area contributed by atoms with Gasteiger partial charge in [0.05, 0.1) is 11.2 Å². The van der Waals surface area contributed by atoms with Gasteiger partial charge in [-0.3, -0.25) is 0 Å². The highest BCUT2D eigenvalue weighted by Gasteiger charge is 2.13. The summed E-state index contributed by atoms with van der Waals surface area (Å²) < 4.78 is 0. The lowest BCUT2D eigenvalue weighted by Crippen LogP contribution is -2.00. The smallest absolute Gasteiger partial charge is 0.0715 e. The zero-order valence-corrected chi connectivity index (χ0v) is 18.1. The van der Waals surface area contributed by atoms with E-state index in [-0.39, 0.29) is 0 Å². The number of aromatic nitrogens is 1. The maximum absolute atomic E-state index is 5.09. The number of hydrogen-bond donors (Lipinski definition) is 0. The van der Waals surface area contributed by atoms with Gasteiger partial charge in [0.2, 0.25) is 0 Å². The Morgan fingerprint density at radius 3 is 2.28 bits per heavy atom. The number of rotatable bonds is 4. The molecule has 29 heavy (non-hydrogen) atoms. The van der Waals surface area contributed by atoms with Crippen molar-refractivity contribution in [3.05, 3.63) is 89.0 Å². The van der Waals surface area contributed by atoms with Gasteiger partial charge < -0.3 is 0 Å². The van der Waals surface area contributed by atoms with Crippen LogP contribution in [0, 0.1) is 26.7 Å². The van der Waals surface area contributed by atoms with E-state index in [4.69, 9.17) is 4.98 Å². The third kappa shape index (κ3) is 3.96. The number of pyridine rings is 1. The van der Waals surface area contributed by atoms with E-state index in [0.29, 0.717) is 5.92 Å². The van der Waals surface area contributed by atoms with E-state index >= 15 is 0 Å². The lowest BCUT2D eigenvalue weighted by atomic mass is 9.92. The molecular formula is C28H29N. The Hall–Kier alpha value is -2.93. The van der Waals surface area contributed by atoms with E-state index in [2.05, 4.69) is 101 Å². The first-order chi connectivity index (χ1) is 13.9. The SMILES string of the molecule is Cc1cc(C)c(C)c(-c2cc(CC(C)C)c3cc(-c4ccccc4)ccc3n2)c1. The maximum Gasteiger partial charge on any atom is 0.0715 e. The average Bonchev–Trinajstić information content (AvgIpc) is 2.70. The summed E-state index contributed by atoms with van der Waals surface area (Å²) in [5.74, 6) is 0.592. The van der Waals surface area contributed by atoms with Crippen molar-refractivity contribution in [1.82, 2.24) is 4.98 Å². The Morgan fingerprint density at radius 2 is 1.55 bits per heavy atom. The van der Waals surface area contributed by atoms with E-state index in [0.717, 1.165) is 17.6 Å². The second kappa shape index (κ2) is 7.83. The highest BCUT2D eigenvalue weighted by atomic mass is 14.7. The lowest BCUT2D eigenvalue weighted by molar-refractivity contribution is 0.650. The lowest BCUT2D eigenvalue weighted by Gasteiger charge is -2.15. The van der Waals surface area contributed by atoms with Gasteiger partial charge in [0, 0.05) is 10.9 Å². The van der Waals surface area contributed by atoms with Crippen LogP contribution in [0.5, 0.6) is 0 Å². The van der Waals surface area contributed by atoms with E-state index < -0.39 is 0 Å². The Balaban J connectivity index is 1.93. The summed E-state index contributed by atoms with van der Waals surface area (Å²) in [5, 5.41) is 1.27. The zero-order chi connectivity index (χ0) is 20.5. The molecule has 0 fully saturated rings. The Labute approximate surface area is 174 Å². The molecule has 0 bridgehead atoms. The molecule has 4 rings (SSSR count). The summed E-state index contributed by atoms with van der Waals surface area (Å²) in [6, 6.07) is 24.1. The predicted octanol–water partition coefficient (Wildman–Crippen LogP) is 7.69. The van der Waals surface area contributed by atoms with Crippen molar-refractivity contribution >= 4 is 10.9 Å². The topological polar surface area (TPSA) is 12.9 Å². The third-order valence-electron chi connectivity index (χ3n) is 5.72. The molecule has 0 saturated carbocycles. The van der Waals surface area contributed by atoms with Crippen molar-refractivity contribution in [1.29, 1.82) is 0 Å². The van der Waals surface area contributed by atoms with E-state index in [1.165, 1.54) is 44.3 Å². The van der Waals surface area contributed by atoms with E-state index in [1.54, 1.807) is 0 Å². The van der Waals surface area contributed by atoms with Gasteiger partial charge in [-0.25, -0.2) is 4.98 Å². The number of benzene rings is 3. The average molecular weight is 380 g/mol. The molecule has 1 heteroatoms. The summed E-state index contributed by atoms with van der Waals surface area (Å²) in [4.78, 5) is 5.09. The molecular weight excluding hydrogens is 350 g/mol. The fraction of sp³-hybridized carbons (Fsp3) is 0.250. The van der Waals surface area contributed by atoms with Crippen LogP contribution in [0.15, 0.2) is 66.7 Å². The first kappa shape index (κ1) is 19.4. The molecule has 0 amide bonds. The minimum absolute atomic E-state index is 0.592. The van der Waals surface area contributed by atoms with Gasteiger partial charge in [-0.2, -0.15) is 0 Å². The van der Waals surface area contributed by atoms with Gasteiger partial charge in [-0.1, -0.05) is 61.9 Å². The van der Waals surface area contributed by atoms with Crippen molar-refractivity contribution in [3.8, 4) is 22.4 Å². The second-order valence-electron chi connectivity index (χ2n) is 8.62. The molecule has 0 aliphatic carbocycles. The molecule has 0 unspecified atom stereocenters. The fourth-order valence-electron chi connectivity index (χ4n) is 4.16. The Morgan fingerprint density at radius 1 is 0.793 bits per heavy atom. The number of hydrogen-bond acceptors (Lipinski definition) is 1. The van der Waals surface area contributed by atoms with Gasteiger partial charge in [-0.15, -0.1) is 0 Å². The summed E-state index contributed by atoms with van der Waals surface area (Å²) >= 11 is 0. The molecule has 1 aromatic heterocycles. The van der Waals surface area contributed by atoms with Crippen LogP contribution < -0.4 is 0 Å². The number of aryl methyl sites for hydroxylation is 2. The van der Waals surface area contributed by atoms with Crippen molar-refractivity contribution in [2.24, 2.45) is 5.92 Å². The summed E-state index contributed by atoms with van der Waals surface area (Å²) in [6.45, 7) is 11.1. The summed E-state index contributed by atoms with van der Waals surface area (Å²) in [5.41, 5.74) is 11.2. The molecule has 0 spiro atoms. The van der Waals surface area contributed by atoms with Crippen molar-refractivity contribution in [3.63, 3.8) is 0 Å². The molecule has 0 N–H and O–H groups in total. The predicted molar refractivity (Wildman–Crippen MR) is 125 cm³/mol. The first-order valence-corrected chi connectivity index (χ1v) is 10.5. The van der Waals surface area contributed by atoms with Gasteiger partial charge >= 0.3 is 0 Å². The van der Waals surface area contributed by atoms with Crippen LogP contribution in [-0.2, 0) is 6.42 Å². The molecule has 4 aromatic rings. The van der Waals surface area contributed by atoms with Crippen LogP contribution in [0.4, 0.5) is 0 Å². The monoisotopic (exact) mass is 379 g/mol. The van der Waals surface area contributed by atoms with E-state index in [1.807, 2.05) is 0 Å². The standard InChI is InChI=1S/C28H29N/c1-18(2)13-24-17-28(25-15-19(3)14-20(4)21(25)5)29-27-12-11-23(16-26(24)27)22-9-7-6-8-10-22/h6-12,14-18H,13H2,1-5H3. The highest BCUT2D eigenvalue weighted by molar-refractivity contribution is 5.89.